The van der Waals surface area contributed by atoms with E-state index in [1.165, 1.54) is 16.7 Å². The van der Waals surface area contributed by atoms with Crippen molar-refractivity contribution in [3.63, 3.8) is 0 Å². The number of carboxylic acids is 3. The number of aliphatic hydroxyl groups is 1. The van der Waals surface area contributed by atoms with E-state index in [1.807, 2.05) is 0 Å². The van der Waals surface area contributed by atoms with Gasteiger partial charge in [0, 0.05) is 18.0 Å². The van der Waals surface area contributed by atoms with E-state index in [4.69, 9.17) is 20.1 Å². The molecule has 1 aromatic rings. The zero-order valence-electron chi connectivity index (χ0n) is 18.2. The van der Waals surface area contributed by atoms with Crippen LogP contribution in [0.4, 0.5) is 0 Å². The Labute approximate surface area is 182 Å². The third kappa shape index (κ3) is 8.39. The molecule has 0 aromatic heterocycles. The van der Waals surface area contributed by atoms with Crippen molar-refractivity contribution in [3.05, 3.63) is 41.5 Å². The number of rotatable bonds is 13. The van der Waals surface area contributed by atoms with Crippen LogP contribution >= 0.6 is 0 Å². The van der Waals surface area contributed by atoms with Crippen LogP contribution in [0.25, 0.3) is 0 Å². The second-order valence-corrected chi connectivity index (χ2v) is 6.99. The van der Waals surface area contributed by atoms with E-state index in [-0.39, 0.29) is 0 Å². The van der Waals surface area contributed by atoms with Gasteiger partial charge in [0.2, 0.25) is 0 Å². The molecule has 9 nitrogen and oxygen atoms in total. The molecule has 0 unspecified atom stereocenters. The molecular weight excluding hydrogens is 406 g/mol. The van der Waals surface area contributed by atoms with Crippen LogP contribution in [0, 0.1) is 5.41 Å². The summed E-state index contributed by atoms with van der Waals surface area (Å²) in [4.78, 5) is 30.8. The maximum absolute atomic E-state index is 10.4. The minimum Gasteiger partial charge on any atom is -0.550 e. The standard InChI is InChI=1S/C16H25NO.C6H8O7/c1-4-7-14-10-13(12-17)11-15(8-5-2)16(14)18-9-6-3;7-2-6(4(10)11,5(12)13)1-3(8)9/h6,10-11H,3-5,7-9,12,17H2,1-2H3;7H,1-2H2,(H,8,9)(H,10,11)(H,12,13). The fourth-order valence-corrected chi connectivity index (χ4v) is 2.89. The molecule has 0 atom stereocenters. The van der Waals surface area contributed by atoms with Crippen LogP contribution in [0.2, 0.25) is 0 Å². The lowest BCUT2D eigenvalue weighted by Crippen LogP contribution is -2.47. The molecule has 0 heterocycles. The Morgan fingerprint density at radius 1 is 1.13 bits per heavy atom. The Hall–Kier alpha value is -2.91. The molecule has 1 rings (SSSR count). The molecule has 1 aromatic carbocycles. The Morgan fingerprint density at radius 3 is 1.87 bits per heavy atom. The predicted octanol–water partition coefficient (Wildman–Crippen LogP) is 0.173. The van der Waals surface area contributed by atoms with Crippen molar-refractivity contribution in [1.29, 1.82) is 0 Å². The Balaban J connectivity index is 0.000000615. The number of hydrogen-bond donors (Lipinski definition) is 4. The van der Waals surface area contributed by atoms with Gasteiger partial charge in [-0.25, -0.2) is 0 Å². The first-order chi connectivity index (χ1) is 14.6. The molecular formula is C22H33NO8. The van der Waals surface area contributed by atoms with Gasteiger partial charge in [-0.05, 0) is 36.1 Å². The lowest BCUT2D eigenvalue weighted by molar-refractivity contribution is -0.386. The van der Waals surface area contributed by atoms with Crippen LogP contribution in [0.1, 0.15) is 49.8 Å². The van der Waals surface area contributed by atoms with Gasteiger partial charge < -0.3 is 35.7 Å². The van der Waals surface area contributed by atoms with Crippen molar-refractivity contribution in [2.24, 2.45) is 5.41 Å². The van der Waals surface area contributed by atoms with E-state index in [0.29, 0.717) is 6.61 Å². The van der Waals surface area contributed by atoms with Crippen LogP contribution in [0.3, 0.4) is 0 Å². The summed E-state index contributed by atoms with van der Waals surface area (Å²) in [6.07, 6.45) is 4.94. The van der Waals surface area contributed by atoms with E-state index >= 15 is 0 Å². The molecule has 174 valence electrons. The number of carboxylic acid groups (broad SMARTS) is 3. The highest BCUT2D eigenvalue weighted by molar-refractivity contribution is 6.01. The third-order valence-electron chi connectivity index (χ3n) is 4.51. The second kappa shape index (κ2) is 14.2. The van der Waals surface area contributed by atoms with Gasteiger partial charge in [-0.2, -0.15) is 0 Å². The van der Waals surface area contributed by atoms with Crippen molar-refractivity contribution in [2.75, 3.05) is 13.2 Å². The molecule has 6 N–H and O–H groups in total. The highest BCUT2D eigenvalue weighted by Crippen LogP contribution is 2.28. The van der Waals surface area contributed by atoms with Crippen LogP contribution < -0.4 is 15.6 Å². The molecule has 0 aliphatic rings. The van der Waals surface area contributed by atoms with Gasteiger partial charge in [-0.3, -0.25) is 9.59 Å². The third-order valence-corrected chi connectivity index (χ3v) is 4.51. The van der Waals surface area contributed by atoms with Crippen molar-refractivity contribution in [2.45, 2.75) is 52.5 Å². The number of carbonyl (C=O) groups excluding carboxylic acids is 1. The second-order valence-electron chi connectivity index (χ2n) is 6.99. The Morgan fingerprint density at radius 2 is 1.61 bits per heavy atom. The number of carbonyl (C=O) groups is 3. The van der Waals surface area contributed by atoms with Gasteiger partial charge >= 0.3 is 11.9 Å². The zero-order valence-corrected chi connectivity index (χ0v) is 18.2. The number of aliphatic carboxylic acids is 3. The van der Waals surface area contributed by atoms with Gasteiger partial charge in [-0.1, -0.05) is 39.3 Å². The molecule has 0 saturated heterocycles. The van der Waals surface area contributed by atoms with E-state index in [0.717, 1.165) is 38.0 Å². The van der Waals surface area contributed by atoms with E-state index < -0.39 is 36.4 Å². The average Bonchev–Trinajstić information content (AvgIpc) is 2.71. The van der Waals surface area contributed by atoms with E-state index in [9.17, 15) is 19.5 Å². The number of benzene rings is 1. The van der Waals surface area contributed by atoms with Gasteiger partial charge in [0.15, 0.2) is 5.41 Å². The lowest BCUT2D eigenvalue weighted by Gasteiger charge is -2.22. The fraction of sp³-hybridized carbons (Fsp3) is 0.500. The number of aryl methyl sites for hydroxylation is 2. The van der Waals surface area contributed by atoms with E-state index in [2.05, 4.69) is 38.3 Å². The molecule has 0 radical (unpaired) electrons. The molecule has 0 bridgehead atoms. The number of ether oxygens (including phenoxy) is 1. The van der Waals surface area contributed by atoms with Crippen LogP contribution in [0.5, 0.6) is 5.75 Å². The SMILES string of the molecule is C=CCOc1c(CCC)cc(C[NH3+])cc1CCC.O=C([O-])CC(CO)(C(=O)O)C(=O)O. The summed E-state index contributed by atoms with van der Waals surface area (Å²) >= 11 is 0. The number of hydrogen-bond acceptors (Lipinski definition) is 6. The molecule has 0 amide bonds. The van der Waals surface area contributed by atoms with Gasteiger partial charge in [-0.15, -0.1) is 0 Å². The quantitative estimate of drug-likeness (QED) is 0.249. The summed E-state index contributed by atoms with van der Waals surface area (Å²) in [7, 11) is 0. The first kappa shape index (κ1) is 28.1. The van der Waals surface area contributed by atoms with Crippen LogP contribution in [-0.4, -0.2) is 46.4 Å². The molecule has 0 spiro atoms. The predicted molar refractivity (Wildman–Crippen MR) is 111 cm³/mol. The Kier molecular flexibility index (Phi) is 12.8. The molecule has 0 saturated carbocycles. The van der Waals surface area contributed by atoms with Crippen molar-refractivity contribution in [1.82, 2.24) is 0 Å². The monoisotopic (exact) mass is 439 g/mol. The summed E-state index contributed by atoms with van der Waals surface area (Å²) in [5.74, 6) is -4.59. The maximum Gasteiger partial charge on any atom is 0.323 e. The fourth-order valence-electron chi connectivity index (χ4n) is 2.89. The molecule has 9 heteroatoms. The number of aliphatic hydroxyl groups excluding tert-OH is 1. The lowest BCUT2D eigenvalue weighted by atomic mass is 9.85. The first-order valence-electron chi connectivity index (χ1n) is 10.1. The average molecular weight is 440 g/mol. The summed E-state index contributed by atoms with van der Waals surface area (Å²) < 4.78 is 5.88. The van der Waals surface area contributed by atoms with Gasteiger partial charge in [0.25, 0.3) is 0 Å². The van der Waals surface area contributed by atoms with Gasteiger partial charge in [0.05, 0.1) is 13.2 Å². The Bertz CT molecular complexity index is 719. The normalized spacial score (nSPS) is 10.6. The zero-order chi connectivity index (χ0) is 24.0. The van der Waals surface area contributed by atoms with E-state index in [1.54, 1.807) is 6.08 Å². The molecule has 0 aliphatic carbocycles. The highest BCUT2D eigenvalue weighted by Gasteiger charge is 2.46. The van der Waals surface area contributed by atoms with Crippen LogP contribution in [-0.2, 0) is 33.8 Å². The minimum atomic E-state index is -2.71. The molecule has 0 fully saturated rings. The topological polar surface area (TPSA) is 172 Å². The summed E-state index contributed by atoms with van der Waals surface area (Å²) in [6.45, 7) is 8.25. The minimum absolute atomic E-state index is 0.581. The largest absolute Gasteiger partial charge is 0.550 e. The van der Waals surface area contributed by atoms with Crippen molar-refractivity contribution in [3.8, 4) is 5.75 Å². The first-order valence-corrected chi connectivity index (χ1v) is 10.1. The summed E-state index contributed by atoms with van der Waals surface area (Å²) in [5, 5.41) is 35.4. The smallest absolute Gasteiger partial charge is 0.323 e. The van der Waals surface area contributed by atoms with Gasteiger partial charge in [0.1, 0.15) is 12.4 Å². The highest BCUT2D eigenvalue weighted by atomic mass is 16.5. The van der Waals surface area contributed by atoms with Crippen LogP contribution in [0.15, 0.2) is 24.8 Å². The molecule has 0 aliphatic heterocycles. The maximum atomic E-state index is 10.4. The summed E-state index contributed by atoms with van der Waals surface area (Å²) in [5.41, 5.74) is 5.24. The molecule has 31 heavy (non-hydrogen) atoms. The number of quaternary nitrogens is 1. The van der Waals surface area contributed by atoms with Crippen molar-refractivity contribution < 1.29 is 45.3 Å². The van der Waals surface area contributed by atoms with Crippen molar-refractivity contribution >= 4 is 17.9 Å². The summed E-state index contributed by atoms with van der Waals surface area (Å²) in [6, 6.07) is 4.49.